The summed E-state index contributed by atoms with van der Waals surface area (Å²) >= 11 is 0. The molecule has 0 spiro atoms. The first-order valence-corrected chi connectivity index (χ1v) is 10.8. The predicted molar refractivity (Wildman–Crippen MR) is 133 cm³/mol. The summed E-state index contributed by atoms with van der Waals surface area (Å²) in [6, 6.07) is 15.8. The van der Waals surface area contributed by atoms with Crippen LogP contribution in [0.2, 0.25) is 0 Å². The lowest BCUT2D eigenvalue weighted by Crippen LogP contribution is -2.09. The first-order valence-electron chi connectivity index (χ1n) is 10.8. The van der Waals surface area contributed by atoms with E-state index in [-0.39, 0.29) is 11.7 Å². The van der Waals surface area contributed by atoms with Crippen LogP contribution in [0, 0.1) is 5.82 Å². The molecule has 2 heterocycles. The zero-order valence-electron chi connectivity index (χ0n) is 18.8. The van der Waals surface area contributed by atoms with Gasteiger partial charge in [-0.25, -0.2) is 14.4 Å². The van der Waals surface area contributed by atoms with Crippen LogP contribution in [0.15, 0.2) is 79.8 Å². The summed E-state index contributed by atoms with van der Waals surface area (Å²) in [6.45, 7) is 3.94. The Morgan fingerprint density at radius 2 is 2.06 bits per heavy atom. The number of halogens is 1. The van der Waals surface area contributed by atoms with E-state index in [1.807, 2.05) is 28.9 Å². The van der Waals surface area contributed by atoms with Crippen molar-refractivity contribution in [3.8, 4) is 5.75 Å². The number of nitrogens with zero attached hydrogens (tertiary/aromatic N) is 4. The fourth-order valence-electron chi connectivity index (χ4n) is 3.87. The van der Waals surface area contributed by atoms with E-state index in [9.17, 15) is 9.18 Å². The first-order chi connectivity index (χ1) is 17.0. The van der Waals surface area contributed by atoms with Crippen molar-refractivity contribution in [2.45, 2.75) is 6.54 Å². The summed E-state index contributed by atoms with van der Waals surface area (Å²) in [6.07, 6.45) is 4.41. The van der Waals surface area contributed by atoms with Gasteiger partial charge in [-0.1, -0.05) is 18.7 Å². The van der Waals surface area contributed by atoms with E-state index in [0.29, 0.717) is 29.3 Å². The van der Waals surface area contributed by atoms with Gasteiger partial charge >= 0.3 is 0 Å². The molecule has 0 saturated heterocycles. The molecule has 0 fully saturated rings. The van der Waals surface area contributed by atoms with Crippen LogP contribution in [-0.2, 0) is 11.3 Å². The Kier molecular flexibility index (Phi) is 5.80. The number of amides is 1. The number of carbonyl (C=O) groups excluding carboxylic acids is 1. The average molecular weight is 468 g/mol. The van der Waals surface area contributed by atoms with Crippen molar-refractivity contribution in [3.05, 3.63) is 91.2 Å². The second-order valence-corrected chi connectivity index (χ2v) is 7.82. The molecule has 0 unspecified atom stereocenters. The Bertz CT molecular complexity index is 1580. The first kappa shape index (κ1) is 22.0. The van der Waals surface area contributed by atoms with E-state index in [1.54, 1.807) is 24.4 Å². The lowest BCUT2D eigenvalue weighted by atomic mass is 10.1. The zero-order chi connectivity index (χ0) is 24.4. The van der Waals surface area contributed by atoms with Gasteiger partial charge in [0.1, 0.15) is 23.7 Å². The summed E-state index contributed by atoms with van der Waals surface area (Å²) in [5, 5.41) is 12.2. The minimum atomic E-state index is -0.346. The van der Waals surface area contributed by atoms with E-state index in [2.05, 4.69) is 32.3 Å². The molecule has 174 valence electrons. The van der Waals surface area contributed by atoms with Gasteiger partial charge in [-0.2, -0.15) is 5.10 Å². The number of carbonyl (C=O) groups is 1. The Morgan fingerprint density at radius 1 is 1.17 bits per heavy atom. The quantitative estimate of drug-likeness (QED) is 0.325. The average Bonchev–Trinajstić information content (AvgIpc) is 3.25. The molecule has 0 radical (unpaired) electrons. The maximum Gasteiger partial charge on any atom is 0.247 e. The third-order valence-electron chi connectivity index (χ3n) is 5.53. The fraction of sp³-hybridized carbons (Fsp3) is 0.0769. The second-order valence-electron chi connectivity index (χ2n) is 7.82. The largest absolute Gasteiger partial charge is 0.495 e. The fourth-order valence-corrected chi connectivity index (χ4v) is 3.87. The van der Waals surface area contributed by atoms with Crippen LogP contribution in [0.4, 0.5) is 21.6 Å². The molecule has 35 heavy (non-hydrogen) atoms. The van der Waals surface area contributed by atoms with Crippen LogP contribution < -0.4 is 15.4 Å². The lowest BCUT2D eigenvalue weighted by Gasteiger charge is -2.13. The molecule has 0 aliphatic carbocycles. The van der Waals surface area contributed by atoms with Crippen LogP contribution in [0.3, 0.4) is 0 Å². The molecule has 0 aliphatic heterocycles. The molecule has 5 aromatic rings. The van der Waals surface area contributed by atoms with E-state index < -0.39 is 0 Å². The van der Waals surface area contributed by atoms with Gasteiger partial charge in [-0.05, 0) is 54.1 Å². The summed E-state index contributed by atoms with van der Waals surface area (Å²) in [4.78, 5) is 20.5. The third kappa shape index (κ3) is 4.51. The highest BCUT2D eigenvalue weighted by Crippen LogP contribution is 2.33. The lowest BCUT2D eigenvalue weighted by molar-refractivity contribution is -0.111. The Balaban J connectivity index is 1.45. The molecule has 0 aliphatic rings. The van der Waals surface area contributed by atoms with Crippen molar-refractivity contribution < 1.29 is 13.9 Å². The van der Waals surface area contributed by atoms with Crippen molar-refractivity contribution in [2.75, 3.05) is 17.7 Å². The molecular weight excluding hydrogens is 447 g/mol. The highest BCUT2D eigenvalue weighted by atomic mass is 19.1. The number of methoxy groups -OCH3 is 1. The number of aromatic nitrogens is 4. The van der Waals surface area contributed by atoms with Gasteiger partial charge in [-0.15, -0.1) is 0 Å². The highest BCUT2D eigenvalue weighted by molar-refractivity contribution is 6.03. The molecule has 0 saturated carbocycles. The number of benzene rings is 3. The van der Waals surface area contributed by atoms with Crippen molar-refractivity contribution >= 4 is 44.9 Å². The normalized spacial score (nSPS) is 10.9. The summed E-state index contributed by atoms with van der Waals surface area (Å²) in [5.41, 5.74) is 3.69. The van der Waals surface area contributed by atoms with Crippen molar-refractivity contribution in [1.29, 1.82) is 0 Å². The second kappa shape index (κ2) is 9.22. The number of nitrogens with one attached hydrogen (secondary N) is 2. The van der Waals surface area contributed by atoms with E-state index >= 15 is 0 Å². The van der Waals surface area contributed by atoms with Crippen LogP contribution in [0.1, 0.15) is 5.56 Å². The number of hydrogen-bond donors (Lipinski definition) is 2. The van der Waals surface area contributed by atoms with Crippen LogP contribution in [0.25, 0.3) is 21.8 Å². The minimum absolute atomic E-state index is 0.269. The molecule has 1 amide bonds. The molecule has 0 atom stereocenters. The Labute approximate surface area is 200 Å². The topological polar surface area (TPSA) is 94.0 Å². The summed E-state index contributed by atoms with van der Waals surface area (Å²) in [7, 11) is 1.52. The van der Waals surface area contributed by atoms with Crippen LogP contribution in [0.5, 0.6) is 5.75 Å². The standard InChI is InChI=1S/C26H21FN6O2/c1-3-25(34)32-22-12-21-20(11-24(22)35-2)26(29-15-28-21)31-19-7-8-23-17(10-19)13-30-33(23)14-16-5-4-6-18(27)9-16/h3-13,15H,1,14H2,2H3,(H,32,34)(H,28,29,31). The maximum atomic E-state index is 13.5. The minimum Gasteiger partial charge on any atom is -0.495 e. The Hall–Kier alpha value is -4.79. The third-order valence-corrected chi connectivity index (χ3v) is 5.53. The smallest absolute Gasteiger partial charge is 0.247 e. The summed E-state index contributed by atoms with van der Waals surface area (Å²) < 4.78 is 20.8. The molecule has 3 aromatic carbocycles. The molecule has 9 heteroatoms. The van der Waals surface area contributed by atoms with Crippen molar-refractivity contribution in [2.24, 2.45) is 0 Å². The number of ether oxygens (including phenoxy) is 1. The molecule has 0 bridgehead atoms. The van der Waals surface area contributed by atoms with Crippen molar-refractivity contribution in [1.82, 2.24) is 19.7 Å². The summed E-state index contributed by atoms with van der Waals surface area (Å²) in [5.74, 6) is 0.441. The van der Waals surface area contributed by atoms with Gasteiger partial charge in [-0.3, -0.25) is 9.48 Å². The zero-order valence-corrected chi connectivity index (χ0v) is 18.8. The predicted octanol–water partition coefficient (Wildman–Crippen LogP) is 5.04. The van der Waals surface area contributed by atoms with Gasteiger partial charge < -0.3 is 15.4 Å². The maximum absolute atomic E-state index is 13.5. The molecule has 8 nitrogen and oxygen atoms in total. The van der Waals surface area contributed by atoms with Gasteiger partial charge in [0.2, 0.25) is 5.91 Å². The van der Waals surface area contributed by atoms with Gasteiger partial charge in [0.05, 0.1) is 36.6 Å². The molecular formula is C26H21FN6O2. The van der Waals surface area contributed by atoms with Gasteiger partial charge in [0.15, 0.2) is 0 Å². The Morgan fingerprint density at radius 3 is 2.86 bits per heavy atom. The van der Waals surface area contributed by atoms with Gasteiger partial charge in [0, 0.05) is 16.5 Å². The van der Waals surface area contributed by atoms with Crippen LogP contribution in [-0.4, -0.2) is 32.8 Å². The SMILES string of the molecule is C=CC(=O)Nc1cc2ncnc(Nc3ccc4c(cnn4Cc4cccc(F)c4)c3)c2cc1OC. The van der Waals surface area contributed by atoms with E-state index in [1.165, 1.54) is 31.6 Å². The molecule has 2 N–H and O–H groups in total. The van der Waals surface area contributed by atoms with Gasteiger partial charge in [0.25, 0.3) is 0 Å². The number of hydrogen-bond acceptors (Lipinski definition) is 6. The van der Waals surface area contributed by atoms with Crippen molar-refractivity contribution in [3.63, 3.8) is 0 Å². The van der Waals surface area contributed by atoms with E-state index in [4.69, 9.17) is 4.74 Å². The molecule has 5 rings (SSSR count). The number of fused-ring (bicyclic) bond motifs is 2. The van der Waals surface area contributed by atoms with Crippen LogP contribution >= 0.6 is 0 Å². The highest BCUT2D eigenvalue weighted by Gasteiger charge is 2.13. The molecule has 2 aromatic heterocycles. The number of anilines is 3. The van der Waals surface area contributed by atoms with E-state index in [0.717, 1.165) is 27.5 Å². The monoisotopic (exact) mass is 468 g/mol. The number of rotatable bonds is 7.